The van der Waals surface area contributed by atoms with E-state index in [-0.39, 0.29) is 5.41 Å². The molecule has 310 valence electrons. The summed E-state index contributed by atoms with van der Waals surface area (Å²) >= 11 is 1.80. The first-order valence-corrected chi connectivity index (χ1v) is 23.1. The molecule has 0 N–H and O–H groups in total. The van der Waals surface area contributed by atoms with Gasteiger partial charge in [-0.3, -0.25) is 0 Å². The Morgan fingerprint density at radius 1 is 0.364 bits per heavy atom. The van der Waals surface area contributed by atoms with E-state index in [9.17, 15) is 0 Å². The minimum atomic E-state index is -0.0512. The number of hydrogen-bond acceptors (Lipinski definition) is 6. The zero-order valence-corrected chi connectivity index (χ0v) is 36.8. The smallest absolute Gasteiger partial charge is 0.164 e. The van der Waals surface area contributed by atoms with Gasteiger partial charge in [0.05, 0.1) is 0 Å². The largest absolute Gasteiger partial charge is 0.456 e. The van der Waals surface area contributed by atoms with Crippen LogP contribution >= 0.6 is 11.3 Å². The van der Waals surface area contributed by atoms with Gasteiger partial charge in [0.1, 0.15) is 22.3 Å². The molecule has 0 spiro atoms. The normalized spacial score (nSPS) is 13.1. The molecule has 0 radical (unpaired) electrons. The van der Waals surface area contributed by atoms with E-state index in [2.05, 4.69) is 159 Å². The number of furan rings is 2. The van der Waals surface area contributed by atoms with Crippen molar-refractivity contribution in [2.75, 3.05) is 0 Å². The van der Waals surface area contributed by atoms with Crippen LogP contribution in [0.2, 0.25) is 0 Å². The Labute approximate surface area is 383 Å². The van der Waals surface area contributed by atoms with E-state index < -0.39 is 0 Å². The second-order valence-electron chi connectivity index (χ2n) is 17.9. The molecule has 0 saturated carbocycles. The van der Waals surface area contributed by atoms with Crippen LogP contribution in [0.1, 0.15) is 25.0 Å². The molecular formula is C60H37N3O2S. The number of hydrogen-bond donors (Lipinski definition) is 0. The molecule has 0 amide bonds. The Bertz CT molecular complexity index is 4150. The van der Waals surface area contributed by atoms with Gasteiger partial charge in [-0.2, -0.15) is 0 Å². The van der Waals surface area contributed by atoms with E-state index in [1.165, 1.54) is 53.6 Å². The molecule has 0 aliphatic heterocycles. The van der Waals surface area contributed by atoms with Crippen LogP contribution in [-0.2, 0) is 5.41 Å². The summed E-state index contributed by atoms with van der Waals surface area (Å²) in [7, 11) is 0. The standard InChI is InChI=1S/C60H37N3O2S/c1-60(2)46-18-6-3-13-40(46)54-38(15-9-19-47(54)60)35-26-24-34(25-27-35)36-28-30-49-45(32-36)56-43(17-11-22-51(56)65-49)59-62-57(37-29-31-53-44(33-37)39-12-5-8-23-52(39)66-53)61-58(63-59)42-16-10-21-50-55(42)41-14-4-7-20-48(41)64-50/h3-33H,1-2H3. The summed E-state index contributed by atoms with van der Waals surface area (Å²) < 4.78 is 15.4. The van der Waals surface area contributed by atoms with Crippen molar-refractivity contribution in [2.45, 2.75) is 19.3 Å². The fourth-order valence-corrected chi connectivity index (χ4v) is 11.7. The lowest BCUT2D eigenvalue weighted by Gasteiger charge is -2.21. The average Bonchev–Trinajstić information content (AvgIpc) is 4.11. The first-order valence-electron chi connectivity index (χ1n) is 22.3. The minimum Gasteiger partial charge on any atom is -0.456 e. The van der Waals surface area contributed by atoms with Gasteiger partial charge >= 0.3 is 0 Å². The van der Waals surface area contributed by atoms with Gasteiger partial charge in [0.25, 0.3) is 0 Å². The molecule has 13 aromatic rings. The van der Waals surface area contributed by atoms with E-state index in [0.717, 1.165) is 71.7 Å². The van der Waals surface area contributed by atoms with Gasteiger partial charge < -0.3 is 8.83 Å². The van der Waals surface area contributed by atoms with E-state index in [1.807, 2.05) is 42.5 Å². The lowest BCUT2D eigenvalue weighted by Crippen LogP contribution is -2.14. The molecule has 9 aromatic carbocycles. The quantitative estimate of drug-likeness (QED) is 0.172. The van der Waals surface area contributed by atoms with Crippen LogP contribution in [0.4, 0.5) is 0 Å². The molecule has 1 aliphatic carbocycles. The molecule has 1 aliphatic rings. The van der Waals surface area contributed by atoms with Crippen molar-refractivity contribution in [2.24, 2.45) is 0 Å². The molecule has 66 heavy (non-hydrogen) atoms. The Morgan fingerprint density at radius 2 is 0.894 bits per heavy atom. The van der Waals surface area contributed by atoms with E-state index >= 15 is 0 Å². The van der Waals surface area contributed by atoms with Crippen molar-refractivity contribution in [1.82, 2.24) is 15.0 Å². The van der Waals surface area contributed by atoms with Crippen molar-refractivity contribution in [3.63, 3.8) is 0 Å². The molecule has 0 bridgehead atoms. The number of fused-ring (bicyclic) bond motifs is 12. The van der Waals surface area contributed by atoms with Crippen LogP contribution in [0, 0.1) is 0 Å². The third kappa shape index (κ3) is 5.49. The molecule has 0 atom stereocenters. The highest BCUT2D eigenvalue weighted by atomic mass is 32.1. The highest BCUT2D eigenvalue weighted by molar-refractivity contribution is 7.25. The molecule has 0 fully saturated rings. The van der Waals surface area contributed by atoms with Gasteiger partial charge in [0, 0.05) is 63.8 Å². The number of thiophene rings is 1. The lowest BCUT2D eigenvalue weighted by molar-refractivity contribution is 0.660. The Balaban J connectivity index is 0.929. The molecule has 0 saturated heterocycles. The maximum atomic E-state index is 6.59. The fourth-order valence-electron chi connectivity index (χ4n) is 10.6. The van der Waals surface area contributed by atoms with Crippen LogP contribution in [0.25, 0.3) is 132 Å². The number of aromatic nitrogens is 3. The van der Waals surface area contributed by atoms with Crippen molar-refractivity contribution >= 4 is 75.4 Å². The van der Waals surface area contributed by atoms with E-state index in [4.69, 9.17) is 23.8 Å². The topological polar surface area (TPSA) is 65.0 Å². The zero-order chi connectivity index (χ0) is 43.7. The molecule has 4 heterocycles. The van der Waals surface area contributed by atoms with Gasteiger partial charge in [0.15, 0.2) is 17.5 Å². The van der Waals surface area contributed by atoms with Gasteiger partial charge in [-0.05, 0) is 99.1 Å². The number of nitrogens with zero attached hydrogens (tertiary/aromatic N) is 3. The number of rotatable bonds is 5. The molecule has 14 rings (SSSR count). The van der Waals surface area contributed by atoms with Crippen molar-refractivity contribution in [3.8, 4) is 67.5 Å². The van der Waals surface area contributed by atoms with Gasteiger partial charge in [-0.25, -0.2) is 15.0 Å². The summed E-state index contributed by atoms with van der Waals surface area (Å²) in [5.41, 5.74) is 15.9. The van der Waals surface area contributed by atoms with Crippen LogP contribution < -0.4 is 0 Å². The summed E-state index contributed by atoms with van der Waals surface area (Å²) in [5.74, 6) is 1.74. The first kappa shape index (κ1) is 37.2. The zero-order valence-electron chi connectivity index (χ0n) is 36.0. The van der Waals surface area contributed by atoms with Gasteiger partial charge in [-0.15, -0.1) is 11.3 Å². The maximum Gasteiger partial charge on any atom is 0.164 e. The highest BCUT2D eigenvalue weighted by Gasteiger charge is 2.36. The van der Waals surface area contributed by atoms with E-state index in [1.54, 1.807) is 11.3 Å². The third-order valence-corrected chi connectivity index (χ3v) is 14.9. The number of benzene rings is 9. The maximum absolute atomic E-state index is 6.59. The highest BCUT2D eigenvalue weighted by Crippen LogP contribution is 2.52. The summed E-state index contributed by atoms with van der Waals surface area (Å²) in [6.07, 6.45) is 0. The van der Waals surface area contributed by atoms with Crippen LogP contribution in [-0.4, -0.2) is 15.0 Å². The van der Waals surface area contributed by atoms with Crippen LogP contribution in [0.3, 0.4) is 0 Å². The fraction of sp³-hybridized carbons (Fsp3) is 0.0500. The van der Waals surface area contributed by atoms with Gasteiger partial charge in [-0.1, -0.05) is 147 Å². The summed E-state index contributed by atoms with van der Waals surface area (Å²) in [6.45, 7) is 4.67. The predicted octanol–water partition coefficient (Wildman–Crippen LogP) is 16.7. The Hall–Kier alpha value is -8.19. The molecular weight excluding hydrogens is 827 g/mol. The Morgan fingerprint density at radius 3 is 1.70 bits per heavy atom. The SMILES string of the molecule is CC1(C)c2ccccc2-c2c(-c3ccc(-c4ccc5oc6cccc(-c7nc(-c8ccc9sc%10ccccc%10c9c8)nc(-c8cccc9oc%10ccccc%10c89)n7)c6c5c4)cc3)cccc21. The van der Waals surface area contributed by atoms with Crippen molar-refractivity contribution < 1.29 is 8.83 Å². The monoisotopic (exact) mass is 863 g/mol. The van der Waals surface area contributed by atoms with E-state index in [0.29, 0.717) is 17.5 Å². The third-order valence-electron chi connectivity index (χ3n) is 13.8. The summed E-state index contributed by atoms with van der Waals surface area (Å²) in [4.78, 5) is 15.9. The first-order chi connectivity index (χ1) is 32.4. The summed E-state index contributed by atoms with van der Waals surface area (Å²) in [5, 5.41) is 6.36. The predicted molar refractivity (Wildman–Crippen MR) is 272 cm³/mol. The van der Waals surface area contributed by atoms with Crippen LogP contribution in [0.5, 0.6) is 0 Å². The summed E-state index contributed by atoms with van der Waals surface area (Å²) in [6, 6.07) is 66.6. The number of para-hydroxylation sites is 1. The lowest BCUT2D eigenvalue weighted by atomic mass is 9.82. The Kier molecular flexibility index (Phi) is 7.84. The molecule has 4 aromatic heterocycles. The van der Waals surface area contributed by atoms with Crippen LogP contribution in [0.15, 0.2) is 197 Å². The van der Waals surface area contributed by atoms with Crippen molar-refractivity contribution in [3.05, 3.63) is 199 Å². The average molecular weight is 864 g/mol. The van der Waals surface area contributed by atoms with Crippen molar-refractivity contribution in [1.29, 1.82) is 0 Å². The second-order valence-corrected chi connectivity index (χ2v) is 18.9. The molecule has 6 heteroatoms. The molecule has 0 unspecified atom stereocenters. The minimum absolute atomic E-state index is 0.0512. The molecule has 5 nitrogen and oxygen atoms in total. The van der Waals surface area contributed by atoms with Gasteiger partial charge in [0.2, 0.25) is 0 Å². The second kappa shape index (κ2) is 13.9.